The van der Waals surface area contributed by atoms with Crippen molar-refractivity contribution in [3.63, 3.8) is 0 Å². The highest BCUT2D eigenvalue weighted by molar-refractivity contribution is 7.87. The van der Waals surface area contributed by atoms with E-state index in [1.54, 1.807) is 13.2 Å². The fourth-order valence-corrected chi connectivity index (χ4v) is 10.3. The van der Waals surface area contributed by atoms with Crippen molar-refractivity contribution >= 4 is 32.9 Å². The summed E-state index contributed by atoms with van der Waals surface area (Å²) in [6.45, 7) is 2.86. The van der Waals surface area contributed by atoms with Crippen LogP contribution in [-0.2, 0) is 21.5 Å². The number of aromatic nitrogens is 1. The molecule has 2 amide bonds. The minimum absolute atomic E-state index is 0.0877. The minimum atomic E-state index is -3.96. The van der Waals surface area contributed by atoms with Gasteiger partial charge in [-0.25, -0.2) is 4.72 Å². The summed E-state index contributed by atoms with van der Waals surface area (Å²) in [4.78, 5) is 30.7. The quantitative estimate of drug-likeness (QED) is 0.341. The molecule has 1 N–H and O–H groups in total. The lowest BCUT2D eigenvalue weighted by Gasteiger charge is -2.40. The maximum absolute atomic E-state index is 15.0. The van der Waals surface area contributed by atoms with Gasteiger partial charge in [-0.2, -0.15) is 12.7 Å². The molecule has 2 unspecified atom stereocenters. The highest BCUT2D eigenvalue weighted by Crippen LogP contribution is 2.67. The van der Waals surface area contributed by atoms with Gasteiger partial charge in [0.1, 0.15) is 5.75 Å². The predicted octanol–water partition coefficient (Wildman–Crippen LogP) is 6.18. The number of benzene rings is 2. The molecule has 4 heterocycles. The zero-order valence-electron chi connectivity index (χ0n) is 27.9. The van der Waals surface area contributed by atoms with E-state index < -0.39 is 21.5 Å². The molecule has 2 aromatic carbocycles. The monoisotopic (exact) mass is 658 g/mol. The molecular weight excluding hydrogens is 612 g/mol. The first-order valence-corrected chi connectivity index (χ1v) is 18.9. The van der Waals surface area contributed by atoms with E-state index in [1.807, 2.05) is 18.2 Å². The van der Waals surface area contributed by atoms with Crippen molar-refractivity contribution in [2.24, 2.45) is 11.3 Å². The second-order valence-corrected chi connectivity index (χ2v) is 17.1. The lowest BCUT2D eigenvalue weighted by molar-refractivity contribution is -0.143. The van der Waals surface area contributed by atoms with E-state index in [-0.39, 0.29) is 17.4 Å². The Hall–Kier alpha value is -3.37. The summed E-state index contributed by atoms with van der Waals surface area (Å²) in [6.07, 6.45) is 10.9. The highest BCUT2D eigenvalue weighted by atomic mass is 32.2. The molecule has 10 heteroatoms. The lowest BCUT2D eigenvalue weighted by atomic mass is 9.81. The second kappa shape index (κ2) is 11.1. The van der Waals surface area contributed by atoms with Crippen LogP contribution in [0.2, 0.25) is 0 Å². The molecule has 4 fully saturated rings. The number of fused-ring (bicyclic) bond motifs is 9. The van der Waals surface area contributed by atoms with Crippen LogP contribution in [0.1, 0.15) is 104 Å². The standard InChI is InChI=1S/C37H46N4O5S/c1-22-16-25-11-12-26(17-22)41(25)36(43)37-20-31(37)30-19-27(46-4)13-15-28(30)34-33(23-8-6-5-7-9-23)29-14-10-24(18-32(29)40(34)21-37)35(42)38-47(44,45)39(2)3/h10,13-15,18-19,22-23,25-26,31H,5-9,11-12,16-17,20-21H2,1-4H3,(H,38,42)/t22?,25?,26?,31-,37-/m0/s1. The topological polar surface area (TPSA) is 101 Å². The smallest absolute Gasteiger partial charge is 0.303 e. The Morgan fingerprint density at radius 2 is 1.70 bits per heavy atom. The number of nitrogens with one attached hydrogen (secondary N) is 1. The summed E-state index contributed by atoms with van der Waals surface area (Å²) in [5.74, 6) is 1.52. The zero-order valence-corrected chi connectivity index (χ0v) is 28.7. The maximum atomic E-state index is 15.0. The average molecular weight is 659 g/mol. The third kappa shape index (κ3) is 4.84. The third-order valence-corrected chi connectivity index (χ3v) is 13.5. The Kier molecular flexibility index (Phi) is 7.30. The molecule has 0 radical (unpaired) electrons. The fourth-order valence-electron chi connectivity index (χ4n) is 9.73. The van der Waals surface area contributed by atoms with Crippen LogP contribution in [0, 0.1) is 11.3 Å². The van der Waals surface area contributed by atoms with Crippen LogP contribution in [0.5, 0.6) is 5.75 Å². The van der Waals surface area contributed by atoms with Crippen LogP contribution in [0.15, 0.2) is 36.4 Å². The van der Waals surface area contributed by atoms with Gasteiger partial charge in [0, 0.05) is 60.7 Å². The van der Waals surface area contributed by atoms with E-state index in [0.717, 1.165) is 77.2 Å². The van der Waals surface area contributed by atoms with Gasteiger partial charge in [-0.1, -0.05) is 32.3 Å². The first-order chi connectivity index (χ1) is 22.5. The van der Waals surface area contributed by atoms with Gasteiger partial charge in [0.2, 0.25) is 5.91 Å². The summed E-state index contributed by atoms with van der Waals surface area (Å²) in [6, 6.07) is 12.6. The van der Waals surface area contributed by atoms with E-state index in [1.165, 1.54) is 44.5 Å². The van der Waals surface area contributed by atoms with E-state index in [2.05, 4.69) is 33.2 Å². The summed E-state index contributed by atoms with van der Waals surface area (Å²) in [5.41, 5.74) is 5.39. The zero-order chi connectivity index (χ0) is 32.8. The summed E-state index contributed by atoms with van der Waals surface area (Å²) in [5, 5.41) is 1.09. The van der Waals surface area contributed by atoms with Crippen molar-refractivity contribution in [3.8, 4) is 17.0 Å². The maximum Gasteiger partial charge on any atom is 0.303 e. The Bertz CT molecular complexity index is 1880. The van der Waals surface area contributed by atoms with Crippen molar-refractivity contribution in [2.75, 3.05) is 21.2 Å². The molecule has 0 spiro atoms. The molecule has 8 rings (SSSR count). The molecule has 4 atom stereocenters. The van der Waals surface area contributed by atoms with Gasteiger partial charge in [-0.05, 0) is 98.2 Å². The van der Waals surface area contributed by atoms with Crippen LogP contribution in [0.3, 0.4) is 0 Å². The molecule has 2 bridgehead atoms. The SMILES string of the molecule is COc1ccc2c(c1)[C@@H]1C[C@]1(C(=O)N1C3CCC1CC(C)C3)Cn1c-2c(C2CCCCC2)c2ccc(C(=O)NS(=O)(=O)N(C)C)cc21. The van der Waals surface area contributed by atoms with Crippen LogP contribution in [0.25, 0.3) is 22.2 Å². The van der Waals surface area contributed by atoms with Crippen LogP contribution < -0.4 is 9.46 Å². The van der Waals surface area contributed by atoms with E-state index in [0.29, 0.717) is 30.5 Å². The summed E-state index contributed by atoms with van der Waals surface area (Å²) >= 11 is 0. The molecule has 250 valence electrons. The summed E-state index contributed by atoms with van der Waals surface area (Å²) in [7, 11) is 0.529. The number of carbonyl (C=O) groups excluding carboxylic acids is 2. The number of amides is 2. The molecule has 2 aliphatic carbocycles. The Balaban J connectivity index is 1.32. The number of hydrogen-bond donors (Lipinski definition) is 1. The Morgan fingerprint density at radius 3 is 2.38 bits per heavy atom. The molecule has 2 saturated carbocycles. The number of hydrogen-bond acceptors (Lipinski definition) is 5. The van der Waals surface area contributed by atoms with Crippen LogP contribution >= 0.6 is 0 Å². The number of rotatable bonds is 6. The van der Waals surface area contributed by atoms with Gasteiger partial charge in [-0.3, -0.25) is 9.59 Å². The number of methoxy groups -OCH3 is 1. The summed E-state index contributed by atoms with van der Waals surface area (Å²) < 4.78 is 36.5. The molecular formula is C37H46N4O5S. The van der Waals surface area contributed by atoms with Crippen molar-refractivity contribution in [1.82, 2.24) is 18.5 Å². The van der Waals surface area contributed by atoms with Gasteiger partial charge < -0.3 is 14.2 Å². The first kappa shape index (κ1) is 30.9. The van der Waals surface area contributed by atoms with Gasteiger partial charge in [0.25, 0.3) is 5.91 Å². The largest absolute Gasteiger partial charge is 0.497 e. The number of nitrogens with zero attached hydrogens (tertiary/aromatic N) is 3. The van der Waals surface area contributed by atoms with Gasteiger partial charge >= 0.3 is 10.2 Å². The van der Waals surface area contributed by atoms with E-state index >= 15 is 0 Å². The van der Waals surface area contributed by atoms with Crippen LogP contribution in [0.4, 0.5) is 0 Å². The van der Waals surface area contributed by atoms with Gasteiger partial charge in [-0.15, -0.1) is 0 Å². The highest BCUT2D eigenvalue weighted by Gasteiger charge is 2.65. The third-order valence-electron chi connectivity index (χ3n) is 12.1. The first-order valence-electron chi connectivity index (χ1n) is 17.4. The van der Waals surface area contributed by atoms with Crippen molar-refractivity contribution < 1.29 is 22.7 Å². The van der Waals surface area contributed by atoms with Crippen molar-refractivity contribution in [2.45, 2.75) is 102 Å². The second-order valence-electron chi connectivity index (χ2n) is 15.2. The molecule has 9 nitrogen and oxygen atoms in total. The number of piperidine rings is 1. The van der Waals surface area contributed by atoms with Crippen molar-refractivity contribution in [1.29, 1.82) is 0 Å². The normalized spacial score (nSPS) is 28.4. The number of ether oxygens (including phenoxy) is 1. The molecule has 1 aromatic heterocycles. The number of carbonyl (C=O) groups is 2. The van der Waals surface area contributed by atoms with E-state index in [9.17, 15) is 18.0 Å². The molecule has 47 heavy (non-hydrogen) atoms. The minimum Gasteiger partial charge on any atom is -0.497 e. The molecule has 3 aliphatic heterocycles. The van der Waals surface area contributed by atoms with Crippen LogP contribution in [-0.4, -0.2) is 67.3 Å². The molecule has 2 saturated heterocycles. The van der Waals surface area contributed by atoms with Gasteiger partial charge in [0.05, 0.1) is 18.2 Å². The predicted molar refractivity (Wildman–Crippen MR) is 182 cm³/mol. The van der Waals surface area contributed by atoms with E-state index in [4.69, 9.17) is 4.74 Å². The van der Waals surface area contributed by atoms with Crippen molar-refractivity contribution in [3.05, 3.63) is 53.1 Å². The average Bonchev–Trinajstić information content (AvgIpc) is 3.64. The Labute approximate surface area is 277 Å². The lowest BCUT2D eigenvalue weighted by Crippen LogP contribution is -2.50. The Morgan fingerprint density at radius 1 is 0.979 bits per heavy atom. The molecule has 5 aliphatic rings. The fraction of sp³-hybridized carbons (Fsp3) is 0.568. The van der Waals surface area contributed by atoms with Gasteiger partial charge in [0.15, 0.2) is 0 Å². The molecule has 3 aromatic rings.